The fourth-order valence-electron chi connectivity index (χ4n) is 2.43. The van der Waals surface area contributed by atoms with Crippen molar-refractivity contribution in [2.24, 2.45) is 5.92 Å². The van der Waals surface area contributed by atoms with Crippen LogP contribution in [0.5, 0.6) is 11.5 Å². The maximum absolute atomic E-state index is 9.00. The summed E-state index contributed by atoms with van der Waals surface area (Å²) in [6.07, 6.45) is 2.12. The number of aliphatic hydroxyl groups excluding tert-OH is 1. The molecule has 0 saturated heterocycles. The molecule has 0 bridgehead atoms. The first kappa shape index (κ1) is 33.9. The summed E-state index contributed by atoms with van der Waals surface area (Å²) in [5.41, 5.74) is 2.17. The van der Waals surface area contributed by atoms with Gasteiger partial charge in [-0.15, -0.1) is 13.2 Å². The third-order valence-corrected chi connectivity index (χ3v) is 4.47. The van der Waals surface area contributed by atoms with Crippen LogP contribution < -0.4 is 9.47 Å². The smallest absolute Gasteiger partial charge is 0.119 e. The Morgan fingerprint density at radius 3 is 1.53 bits per heavy atom. The van der Waals surface area contributed by atoms with Crippen LogP contribution >= 0.6 is 0 Å². The molecule has 0 aliphatic rings. The summed E-state index contributed by atoms with van der Waals surface area (Å²) >= 11 is 0. The molecule has 2 aromatic rings. The lowest BCUT2D eigenvalue weighted by Crippen LogP contribution is -2.30. The molecule has 0 atom stereocenters. The normalized spacial score (nSPS) is 10.1. The molecule has 194 valence electrons. The van der Waals surface area contributed by atoms with Crippen LogP contribution in [0, 0.1) is 5.92 Å². The first-order valence-electron chi connectivity index (χ1n) is 12.5. The summed E-state index contributed by atoms with van der Waals surface area (Å²) in [6, 6.07) is 16.4. The quantitative estimate of drug-likeness (QED) is 0.270. The molecule has 0 aliphatic heterocycles. The van der Waals surface area contributed by atoms with E-state index < -0.39 is 5.60 Å². The van der Waals surface area contributed by atoms with E-state index in [9.17, 15) is 0 Å². The summed E-state index contributed by atoms with van der Waals surface area (Å²) in [5.74, 6) is 2.42. The summed E-state index contributed by atoms with van der Waals surface area (Å²) in [5, 5.41) is 9.00. The fourth-order valence-corrected chi connectivity index (χ4v) is 2.43. The maximum atomic E-state index is 9.00. The van der Waals surface area contributed by atoms with Crippen molar-refractivity contribution in [3.8, 4) is 11.5 Å². The van der Waals surface area contributed by atoms with Crippen LogP contribution in [-0.4, -0.2) is 37.1 Å². The zero-order chi connectivity index (χ0) is 26.4. The van der Waals surface area contributed by atoms with E-state index in [4.69, 9.17) is 19.3 Å². The van der Waals surface area contributed by atoms with Gasteiger partial charge in [-0.05, 0) is 68.0 Å². The van der Waals surface area contributed by atoms with Crippen LogP contribution in [0.4, 0.5) is 0 Å². The second kappa shape index (κ2) is 21.2. The van der Waals surface area contributed by atoms with Crippen LogP contribution in [0.15, 0.2) is 61.7 Å². The van der Waals surface area contributed by atoms with Gasteiger partial charge in [-0.25, -0.2) is 0 Å². The summed E-state index contributed by atoms with van der Waals surface area (Å²) in [4.78, 5) is 0. The van der Waals surface area contributed by atoms with E-state index in [1.54, 1.807) is 0 Å². The van der Waals surface area contributed by atoms with Gasteiger partial charge in [-0.2, -0.15) is 0 Å². The lowest BCUT2D eigenvalue weighted by molar-refractivity contribution is -0.0617. The number of ether oxygens (including phenoxy) is 3. The molecule has 0 radical (unpaired) electrons. The predicted molar refractivity (Wildman–Crippen MR) is 147 cm³/mol. The fraction of sp³-hybridized carbons (Fsp3) is 0.533. The SMILES string of the molecule is C=C.CC.CCc1ccc(OCC(C)C)cc1.CCc1ccc(OCCOC(C)(C)CO)cc1. The summed E-state index contributed by atoms with van der Waals surface area (Å²) in [6.45, 7) is 24.1. The van der Waals surface area contributed by atoms with Gasteiger partial charge < -0.3 is 19.3 Å². The van der Waals surface area contributed by atoms with Gasteiger partial charge >= 0.3 is 0 Å². The third kappa shape index (κ3) is 17.2. The Bertz CT molecular complexity index is 691. The van der Waals surface area contributed by atoms with Crippen molar-refractivity contribution in [1.82, 2.24) is 0 Å². The second-order valence-electron chi connectivity index (χ2n) is 8.31. The molecule has 4 nitrogen and oxygen atoms in total. The molecule has 2 rings (SSSR count). The zero-order valence-corrected chi connectivity index (χ0v) is 23.0. The average molecular weight is 475 g/mol. The maximum Gasteiger partial charge on any atom is 0.119 e. The number of aliphatic hydroxyl groups is 1. The van der Waals surface area contributed by atoms with E-state index in [2.05, 4.69) is 65.1 Å². The topological polar surface area (TPSA) is 47.9 Å². The number of aryl methyl sites for hydroxylation is 2. The molecule has 0 aliphatic carbocycles. The van der Waals surface area contributed by atoms with E-state index in [0.717, 1.165) is 30.9 Å². The Morgan fingerprint density at radius 1 is 0.765 bits per heavy atom. The van der Waals surface area contributed by atoms with Crippen molar-refractivity contribution in [2.45, 2.75) is 73.8 Å². The first-order chi connectivity index (χ1) is 16.3. The summed E-state index contributed by atoms with van der Waals surface area (Å²) in [7, 11) is 0. The van der Waals surface area contributed by atoms with E-state index in [1.165, 1.54) is 11.1 Å². The number of hydrogen-bond acceptors (Lipinski definition) is 4. The largest absolute Gasteiger partial charge is 0.493 e. The monoisotopic (exact) mass is 474 g/mol. The van der Waals surface area contributed by atoms with Crippen LogP contribution in [0.1, 0.15) is 66.5 Å². The molecule has 4 heteroatoms. The lowest BCUT2D eigenvalue weighted by atomic mass is 10.1. The standard InChI is InChI=1S/C14H22O3.C12H18O.C2H6.C2H4/c1-4-12-5-7-13(8-6-12)16-9-10-17-14(2,3)11-15;1-4-11-5-7-12(8-6-11)13-9-10(2)3;2*1-2/h5-8,15H,4,9-11H2,1-3H3;5-8,10H,4,9H2,1-3H3;1-2H3;1-2H2. The van der Waals surface area contributed by atoms with E-state index in [1.807, 2.05) is 52.0 Å². The van der Waals surface area contributed by atoms with Gasteiger partial charge in [-0.1, -0.05) is 65.8 Å². The van der Waals surface area contributed by atoms with Crippen LogP contribution in [0.3, 0.4) is 0 Å². The van der Waals surface area contributed by atoms with Gasteiger partial charge in [0, 0.05) is 0 Å². The zero-order valence-electron chi connectivity index (χ0n) is 23.0. The second-order valence-corrected chi connectivity index (χ2v) is 8.31. The van der Waals surface area contributed by atoms with Crippen LogP contribution in [0.25, 0.3) is 0 Å². The molecule has 0 heterocycles. The highest BCUT2D eigenvalue weighted by Gasteiger charge is 2.16. The molecule has 0 aromatic heterocycles. The minimum absolute atomic E-state index is 0.0121. The van der Waals surface area contributed by atoms with Crippen LogP contribution in [-0.2, 0) is 17.6 Å². The highest BCUT2D eigenvalue weighted by molar-refractivity contribution is 5.27. The molecular formula is C30H50O4. The van der Waals surface area contributed by atoms with Crippen molar-refractivity contribution < 1.29 is 19.3 Å². The van der Waals surface area contributed by atoms with Crippen molar-refractivity contribution in [3.05, 3.63) is 72.8 Å². The minimum Gasteiger partial charge on any atom is -0.493 e. The van der Waals surface area contributed by atoms with Gasteiger partial charge in [0.1, 0.15) is 18.1 Å². The van der Waals surface area contributed by atoms with Gasteiger partial charge in [0.05, 0.1) is 25.4 Å². The van der Waals surface area contributed by atoms with Gasteiger partial charge in [0.25, 0.3) is 0 Å². The van der Waals surface area contributed by atoms with Crippen molar-refractivity contribution in [2.75, 3.05) is 26.4 Å². The Labute approximate surface area is 210 Å². The van der Waals surface area contributed by atoms with Crippen molar-refractivity contribution in [3.63, 3.8) is 0 Å². The van der Waals surface area contributed by atoms with Gasteiger partial charge in [-0.3, -0.25) is 0 Å². The number of benzene rings is 2. The lowest BCUT2D eigenvalue weighted by Gasteiger charge is -2.22. The van der Waals surface area contributed by atoms with Gasteiger partial charge in [0.2, 0.25) is 0 Å². The average Bonchev–Trinajstić information content (AvgIpc) is 2.89. The Balaban J connectivity index is 0. The Hall–Kier alpha value is -2.30. The summed E-state index contributed by atoms with van der Waals surface area (Å²) < 4.78 is 16.6. The highest BCUT2D eigenvalue weighted by atomic mass is 16.5. The molecular weight excluding hydrogens is 424 g/mol. The molecule has 0 amide bonds. The molecule has 0 spiro atoms. The van der Waals surface area contributed by atoms with E-state index in [-0.39, 0.29) is 6.61 Å². The molecule has 0 saturated carbocycles. The van der Waals surface area contributed by atoms with Crippen LogP contribution in [0.2, 0.25) is 0 Å². The molecule has 34 heavy (non-hydrogen) atoms. The van der Waals surface area contributed by atoms with Crippen molar-refractivity contribution >= 4 is 0 Å². The number of hydrogen-bond donors (Lipinski definition) is 1. The van der Waals surface area contributed by atoms with E-state index in [0.29, 0.717) is 19.1 Å². The molecule has 0 unspecified atom stereocenters. The molecule has 2 aromatic carbocycles. The van der Waals surface area contributed by atoms with Gasteiger partial charge in [0.15, 0.2) is 0 Å². The molecule has 0 fully saturated rings. The Kier molecular flexibility index (Phi) is 21.2. The Morgan fingerprint density at radius 2 is 1.18 bits per heavy atom. The molecule has 1 N–H and O–H groups in total. The van der Waals surface area contributed by atoms with E-state index >= 15 is 0 Å². The predicted octanol–water partition coefficient (Wildman–Crippen LogP) is 7.53. The number of rotatable bonds is 11. The first-order valence-corrected chi connectivity index (χ1v) is 12.5. The minimum atomic E-state index is -0.491. The van der Waals surface area contributed by atoms with Crippen molar-refractivity contribution in [1.29, 1.82) is 0 Å². The highest BCUT2D eigenvalue weighted by Crippen LogP contribution is 2.14. The third-order valence-electron chi connectivity index (χ3n) is 4.47.